The number of nitrogens with zero attached hydrogens (tertiary/aromatic N) is 2. The molecule has 2 saturated heterocycles. The van der Waals surface area contributed by atoms with E-state index in [0.717, 1.165) is 14.7 Å². The van der Waals surface area contributed by atoms with Crippen LogP contribution in [0.1, 0.15) is 35.4 Å². The molecule has 4 aliphatic rings. The predicted molar refractivity (Wildman–Crippen MR) is 217 cm³/mol. The van der Waals surface area contributed by atoms with Crippen molar-refractivity contribution in [1.29, 1.82) is 0 Å². The van der Waals surface area contributed by atoms with Gasteiger partial charge in [-0.15, -0.1) is 0 Å². The molecule has 8 nitrogen and oxygen atoms in total. The second kappa shape index (κ2) is 13.8. The van der Waals surface area contributed by atoms with E-state index in [4.69, 9.17) is 16.3 Å². The summed E-state index contributed by atoms with van der Waals surface area (Å²) in [6, 6.07) is 37.9. The lowest BCUT2D eigenvalue weighted by molar-refractivity contribution is -0.127. The number of aromatic hydroxyl groups is 1. The lowest BCUT2D eigenvalue weighted by Gasteiger charge is -2.50. The molecule has 3 fully saturated rings. The summed E-state index contributed by atoms with van der Waals surface area (Å²) < 4.78 is 7.05. The Hall–Kier alpha value is -5.26. The third-order valence-corrected chi connectivity index (χ3v) is 12.8. The van der Waals surface area contributed by atoms with Crippen molar-refractivity contribution in [1.82, 2.24) is 0 Å². The van der Waals surface area contributed by atoms with Crippen molar-refractivity contribution in [3.8, 4) is 11.5 Å². The Labute approximate surface area is 336 Å². The molecule has 5 aromatic carbocycles. The van der Waals surface area contributed by atoms with Gasteiger partial charge in [0.05, 0.1) is 34.5 Å². The monoisotopic (exact) mass is 860 g/mol. The van der Waals surface area contributed by atoms with Gasteiger partial charge in [-0.2, -0.15) is 0 Å². The molecule has 6 unspecified atom stereocenters. The van der Waals surface area contributed by atoms with E-state index in [1.54, 1.807) is 54.6 Å². The highest BCUT2D eigenvalue weighted by Gasteiger charge is 2.70. The molecule has 2 aliphatic carbocycles. The molecule has 274 valence electrons. The van der Waals surface area contributed by atoms with Gasteiger partial charge >= 0.3 is 0 Å². The van der Waals surface area contributed by atoms with Gasteiger partial charge in [-0.25, -0.2) is 4.90 Å². The molecule has 0 radical (unpaired) electrons. The van der Waals surface area contributed by atoms with Crippen LogP contribution in [0, 0.1) is 27.2 Å². The predicted octanol–water partition coefficient (Wildman–Crippen LogP) is 8.60. The normalized spacial score (nSPS) is 25.7. The third kappa shape index (κ3) is 5.61. The summed E-state index contributed by atoms with van der Waals surface area (Å²) >= 11 is 8.62. The molecule has 0 aromatic heterocycles. The maximum atomic E-state index is 15.5. The standard InChI is InChI=1S/C45H34ClIN2O6/c46-28-12-7-13-31(22-28)49-42(52)37-24-36-33(20-21-35-39(36)43(53)48(41(35)51)30-16-14-29(47)15-17-30)40(45(37,44(49)54)27-10-5-2-6-11-27)34-19-18-32(23-38(34)50)55-25-26-8-3-1-4-9-26/h1-20,22-23,35-37,39-40,50H,21,24-25H2. The fourth-order valence-electron chi connectivity index (χ4n) is 9.53. The lowest BCUT2D eigenvalue weighted by atomic mass is 9.49. The number of amides is 4. The minimum atomic E-state index is -1.51. The van der Waals surface area contributed by atoms with E-state index in [9.17, 15) is 14.7 Å². The van der Waals surface area contributed by atoms with Gasteiger partial charge in [0.15, 0.2) is 0 Å². The molecule has 10 heteroatoms. The molecular weight excluding hydrogens is 827 g/mol. The van der Waals surface area contributed by atoms with Crippen LogP contribution < -0.4 is 14.5 Å². The molecule has 9 rings (SSSR count). The largest absolute Gasteiger partial charge is 0.508 e. The first-order valence-corrected chi connectivity index (χ1v) is 19.7. The molecule has 6 atom stereocenters. The topological polar surface area (TPSA) is 104 Å². The maximum Gasteiger partial charge on any atom is 0.246 e. The number of halogens is 2. The second-order valence-corrected chi connectivity index (χ2v) is 16.3. The van der Waals surface area contributed by atoms with E-state index >= 15 is 9.59 Å². The summed E-state index contributed by atoms with van der Waals surface area (Å²) in [7, 11) is 0. The third-order valence-electron chi connectivity index (χ3n) is 11.8. The number of fused-ring (bicyclic) bond motifs is 4. The van der Waals surface area contributed by atoms with E-state index < -0.39 is 46.8 Å². The average Bonchev–Trinajstić information content (AvgIpc) is 3.59. The molecule has 4 amide bonds. The van der Waals surface area contributed by atoms with Gasteiger partial charge in [0, 0.05) is 26.1 Å². The number of anilines is 2. The Morgan fingerprint density at radius 2 is 1.47 bits per heavy atom. The van der Waals surface area contributed by atoms with Crippen molar-refractivity contribution in [3.05, 3.63) is 164 Å². The molecule has 5 aromatic rings. The van der Waals surface area contributed by atoms with Crippen LogP contribution in [0.5, 0.6) is 11.5 Å². The van der Waals surface area contributed by atoms with Crippen molar-refractivity contribution in [2.75, 3.05) is 9.80 Å². The van der Waals surface area contributed by atoms with Gasteiger partial charge in [-0.3, -0.25) is 24.1 Å². The van der Waals surface area contributed by atoms with Crippen LogP contribution in [0.4, 0.5) is 11.4 Å². The van der Waals surface area contributed by atoms with Gasteiger partial charge in [-0.1, -0.05) is 96.0 Å². The summed E-state index contributed by atoms with van der Waals surface area (Å²) in [5, 5.41) is 12.4. The van der Waals surface area contributed by atoms with Crippen LogP contribution in [-0.2, 0) is 31.2 Å². The number of allylic oxidation sites excluding steroid dienone is 2. The SMILES string of the molecule is O=C1C2CC=C3C(CC4C(=O)N(c5cccc(Cl)c5)C(=O)C4(c4ccccc4)C3c3ccc(OCc4ccccc4)cc3O)C2C(=O)N1c1ccc(I)cc1. The van der Waals surface area contributed by atoms with E-state index in [1.165, 1.54) is 9.80 Å². The number of ether oxygens (including phenoxy) is 1. The molecule has 1 N–H and O–H groups in total. The highest BCUT2D eigenvalue weighted by Crippen LogP contribution is 2.65. The highest BCUT2D eigenvalue weighted by atomic mass is 127. The van der Waals surface area contributed by atoms with Crippen molar-refractivity contribution < 1.29 is 29.0 Å². The molecule has 55 heavy (non-hydrogen) atoms. The average molecular weight is 861 g/mol. The number of hydrogen-bond acceptors (Lipinski definition) is 6. The molecule has 1 saturated carbocycles. The summed E-state index contributed by atoms with van der Waals surface area (Å²) in [4.78, 5) is 61.7. The molecular formula is C45H34ClIN2O6. The van der Waals surface area contributed by atoms with Gasteiger partial charge in [0.25, 0.3) is 0 Å². The Kier molecular flexibility index (Phi) is 8.89. The first-order valence-electron chi connectivity index (χ1n) is 18.2. The number of hydrogen-bond donors (Lipinski definition) is 1. The molecule has 0 bridgehead atoms. The second-order valence-electron chi connectivity index (χ2n) is 14.6. The van der Waals surface area contributed by atoms with Crippen LogP contribution in [-0.4, -0.2) is 28.7 Å². The van der Waals surface area contributed by atoms with Crippen LogP contribution in [0.25, 0.3) is 0 Å². The smallest absolute Gasteiger partial charge is 0.246 e. The van der Waals surface area contributed by atoms with Crippen molar-refractivity contribution in [3.63, 3.8) is 0 Å². The zero-order valence-electron chi connectivity index (χ0n) is 29.3. The lowest BCUT2D eigenvalue weighted by Crippen LogP contribution is -2.53. The Bertz CT molecular complexity index is 2400. The van der Waals surface area contributed by atoms with E-state index in [2.05, 4.69) is 22.6 Å². The number of benzene rings is 5. The van der Waals surface area contributed by atoms with Crippen LogP contribution in [0.15, 0.2) is 139 Å². The zero-order valence-corrected chi connectivity index (χ0v) is 32.3. The fourth-order valence-corrected chi connectivity index (χ4v) is 10.1. The van der Waals surface area contributed by atoms with Gasteiger partial charge in [0.1, 0.15) is 18.1 Å². The minimum absolute atomic E-state index is 0.107. The van der Waals surface area contributed by atoms with E-state index in [1.807, 2.05) is 78.9 Å². The zero-order chi connectivity index (χ0) is 38.0. The van der Waals surface area contributed by atoms with E-state index in [0.29, 0.717) is 33.3 Å². The summed E-state index contributed by atoms with van der Waals surface area (Å²) in [6.45, 7) is 0.282. The van der Waals surface area contributed by atoms with Crippen LogP contribution in [0.3, 0.4) is 0 Å². The van der Waals surface area contributed by atoms with Crippen LogP contribution >= 0.6 is 34.2 Å². The molecule has 2 aliphatic heterocycles. The number of phenols is 1. The number of carbonyl (C=O) groups excluding carboxylic acids is 4. The molecule has 0 spiro atoms. The number of imide groups is 2. The Morgan fingerprint density at radius 1 is 0.745 bits per heavy atom. The maximum absolute atomic E-state index is 15.5. The first kappa shape index (κ1) is 35.4. The highest BCUT2D eigenvalue weighted by molar-refractivity contribution is 14.1. The van der Waals surface area contributed by atoms with E-state index in [-0.39, 0.29) is 37.0 Å². The fraction of sp³-hybridized carbons (Fsp3) is 0.200. The van der Waals surface area contributed by atoms with Gasteiger partial charge in [-0.05, 0) is 101 Å². The Morgan fingerprint density at radius 3 is 2.18 bits per heavy atom. The first-order chi connectivity index (χ1) is 26.7. The quantitative estimate of drug-likeness (QED) is 0.1000. The summed E-state index contributed by atoms with van der Waals surface area (Å²) in [6.07, 6.45) is 2.41. The molecule has 2 heterocycles. The Balaban J connectivity index is 1.22. The van der Waals surface area contributed by atoms with Crippen molar-refractivity contribution in [2.24, 2.45) is 23.7 Å². The van der Waals surface area contributed by atoms with Crippen LogP contribution in [0.2, 0.25) is 5.02 Å². The number of rotatable bonds is 7. The van der Waals surface area contributed by atoms with Gasteiger partial charge < -0.3 is 9.84 Å². The van der Waals surface area contributed by atoms with Gasteiger partial charge in [0.2, 0.25) is 23.6 Å². The van der Waals surface area contributed by atoms with Crippen molar-refractivity contribution >= 4 is 69.2 Å². The summed E-state index contributed by atoms with van der Waals surface area (Å²) in [5.41, 5.74) is 2.09. The van der Waals surface area contributed by atoms with Crippen molar-refractivity contribution in [2.45, 2.75) is 30.8 Å². The summed E-state index contributed by atoms with van der Waals surface area (Å²) in [5.74, 6) is -4.93. The minimum Gasteiger partial charge on any atom is -0.508 e. The number of phenolic OH excluding ortho intramolecular Hbond substituents is 1. The number of carbonyl (C=O) groups is 4.